The van der Waals surface area contributed by atoms with E-state index in [0.29, 0.717) is 33.7 Å². The van der Waals surface area contributed by atoms with E-state index in [4.69, 9.17) is 4.42 Å². The molecule has 0 saturated carbocycles. The highest BCUT2D eigenvalue weighted by atomic mass is 32.2. The highest BCUT2D eigenvalue weighted by Gasteiger charge is 2.17. The molecule has 0 atom stereocenters. The Morgan fingerprint density at radius 3 is 2.61 bits per heavy atom. The number of fused-ring (bicyclic) bond motifs is 1. The van der Waals surface area contributed by atoms with Crippen LogP contribution in [0.15, 0.2) is 117 Å². The number of hydrogen-bond acceptors (Lipinski definition) is 8. The van der Waals surface area contributed by atoms with Crippen LogP contribution in [-0.4, -0.2) is 36.7 Å². The maximum atomic E-state index is 12.9. The van der Waals surface area contributed by atoms with E-state index in [9.17, 15) is 9.59 Å². The van der Waals surface area contributed by atoms with Gasteiger partial charge in [-0.3, -0.25) is 4.79 Å². The maximum Gasteiger partial charge on any atom is 0.345 e. The number of para-hydroxylation sites is 2. The predicted molar refractivity (Wildman–Crippen MR) is 157 cm³/mol. The van der Waals surface area contributed by atoms with Gasteiger partial charge >= 0.3 is 5.63 Å². The summed E-state index contributed by atoms with van der Waals surface area (Å²) in [4.78, 5) is 25.7. The SMILES string of the molecule is Cn1cnnc1SCc1ccc(C(=O)N/N=C\c2cn(-c3ccccc3)nc2-c2cc3ccccc3oc2=O)cc1. The lowest BCUT2D eigenvalue weighted by atomic mass is 10.1. The van der Waals surface area contributed by atoms with Gasteiger partial charge in [-0.2, -0.15) is 10.2 Å². The van der Waals surface area contributed by atoms with Gasteiger partial charge < -0.3 is 8.98 Å². The first kappa shape index (κ1) is 26.0. The number of nitrogens with one attached hydrogen (secondary N) is 1. The summed E-state index contributed by atoms with van der Waals surface area (Å²) in [6.07, 6.45) is 4.88. The molecule has 0 aliphatic heterocycles. The van der Waals surface area contributed by atoms with E-state index < -0.39 is 5.63 Å². The number of hydrogen-bond donors (Lipinski definition) is 1. The third kappa shape index (κ3) is 5.70. The van der Waals surface area contributed by atoms with Gasteiger partial charge in [-0.1, -0.05) is 60.3 Å². The first-order valence-electron chi connectivity index (χ1n) is 12.6. The molecule has 6 aromatic rings. The van der Waals surface area contributed by atoms with Crippen molar-refractivity contribution in [2.45, 2.75) is 10.9 Å². The molecule has 0 aliphatic carbocycles. The number of nitrogens with zero attached hydrogens (tertiary/aromatic N) is 6. The number of carbonyl (C=O) groups excluding carboxylic acids is 1. The second-order valence-corrected chi connectivity index (χ2v) is 10.1. The molecule has 11 heteroatoms. The van der Waals surface area contributed by atoms with Crippen LogP contribution in [0.25, 0.3) is 27.9 Å². The minimum Gasteiger partial charge on any atom is -0.422 e. The molecule has 202 valence electrons. The van der Waals surface area contributed by atoms with Crippen LogP contribution >= 0.6 is 11.8 Å². The van der Waals surface area contributed by atoms with E-state index in [0.717, 1.165) is 21.8 Å². The molecule has 0 aliphatic rings. The number of aromatic nitrogens is 5. The van der Waals surface area contributed by atoms with Crippen molar-refractivity contribution in [1.29, 1.82) is 0 Å². The van der Waals surface area contributed by atoms with Gasteiger partial charge in [0.05, 0.1) is 17.5 Å². The first-order chi connectivity index (χ1) is 20.0. The van der Waals surface area contributed by atoms with Gasteiger partial charge in [0, 0.05) is 35.5 Å². The highest BCUT2D eigenvalue weighted by Crippen LogP contribution is 2.24. The van der Waals surface area contributed by atoms with Gasteiger partial charge in [-0.05, 0) is 42.0 Å². The molecule has 3 heterocycles. The number of benzene rings is 3. The fourth-order valence-corrected chi connectivity index (χ4v) is 5.00. The largest absolute Gasteiger partial charge is 0.422 e. The van der Waals surface area contributed by atoms with Gasteiger partial charge in [0.15, 0.2) is 5.16 Å². The van der Waals surface area contributed by atoms with Gasteiger partial charge in [-0.25, -0.2) is 14.9 Å². The number of thioether (sulfide) groups is 1. The summed E-state index contributed by atoms with van der Waals surface area (Å²) in [5, 5.41) is 18.4. The van der Waals surface area contributed by atoms with E-state index in [1.807, 2.05) is 72.3 Å². The Hall–Kier alpha value is -5.29. The van der Waals surface area contributed by atoms with E-state index in [1.54, 1.807) is 53.2 Å². The number of amides is 1. The van der Waals surface area contributed by atoms with Crippen molar-refractivity contribution in [3.63, 3.8) is 0 Å². The molecule has 0 radical (unpaired) electrons. The summed E-state index contributed by atoms with van der Waals surface area (Å²) in [7, 11) is 1.89. The fourth-order valence-electron chi connectivity index (χ4n) is 4.16. The molecule has 10 nitrogen and oxygen atoms in total. The van der Waals surface area contributed by atoms with Gasteiger partial charge in [0.1, 0.15) is 17.6 Å². The zero-order valence-corrected chi connectivity index (χ0v) is 22.7. The summed E-state index contributed by atoms with van der Waals surface area (Å²) in [6.45, 7) is 0. The molecule has 1 amide bonds. The molecule has 41 heavy (non-hydrogen) atoms. The molecule has 0 saturated heterocycles. The van der Waals surface area contributed by atoms with Crippen molar-refractivity contribution in [1.82, 2.24) is 30.0 Å². The zero-order valence-electron chi connectivity index (χ0n) is 21.8. The van der Waals surface area contributed by atoms with Crippen LogP contribution < -0.4 is 11.1 Å². The van der Waals surface area contributed by atoms with Crippen LogP contribution in [0.2, 0.25) is 0 Å². The van der Waals surface area contributed by atoms with Crippen LogP contribution in [0.5, 0.6) is 0 Å². The lowest BCUT2D eigenvalue weighted by Gasteiger charge is -2.04. The zero-order chi connectivity index (χ0) is 28.2. The van der Waals surface area contributed by atoms with Crippen molar-refractivity contribution in [3.05, 3.63) is 125 Å². The normalized spacial score (nSPS) is 11.3. The third-order valence-electron chi connectivity index (χ3n) is 6.28. The summed E-state index contributed by atoms with van der Waals surface area (Å²) in [5.41, 5.74) is 6.07. The van der Waals surface area contributed by atoms with Crippen molar-refractivity contribution >= 4 is 34.9 Å². The van der Waals surface area contributed by atoms with Crippen molar-refractivity contribution in [3.8, 4) is 16.9 Å². The molecule has 0 fully saturated rings. The lowest BCUT2D eigenvalue weighted by molar-refractivity contribution is 0.0955. The van der Waals surface area contributed by atoms with Crippen LogP contribution in [0.1, 0.15) is 21.5 Å². The fraction of sp³-hybridized carbons (Fsp3) is 0.0667. The Morgan fingerprint density at radius 1 is 1.05 bits per heavy atom. The Balaban J connectivity index is 1.23. The van der Waals surface area contributed by atoms with Crippen molar-refractivity contribution in [2.75, 3.05) is 0 Å². The number of aryl methyl sites for hydroxylation is 1. The van der Waals surface area contributed by atoms with E-state index in [-0.39, 0.29) is 5.91 Å². The molecule has 3 aromatic heterocycles. The molecular formula is C30H23N7O3S. The van der Waals surface area contributed by atoms with Crippen LogP contribution in [-0.2, 0) is 12.8 Å². The lowest BCUT2D eigenvalue weighted by Crippen LogP contribution is -2.17. The Bertz CT molecular complexity index is 1930. The van der Waals surface area contributed by atoms with Gasteiger partial charge in [0.25, 0.3) is 5.91 Å². The monoisotopic (exact) mass is 561 g/mol. The van der Waals surface area contributed by atoms with E-state index in [2.05, 4.69) is 25.8 Å². The standard InChI is InChI=1S/C30H23N7O3S/c1-36-19-32-34-30(36)41-18-20-11-13-21(14-12-20)28(38)33-31-16-23-17-37(24-8-3-2-4-9-24)35-27(23)25-15-22-7-5-6-10-26(22)40-29(25)39/h2-17,19H,18H2,1H3,(H,33,38)/b31-16-. The Morgan fingerprint density at radius 2 is 1.83 bits per heavy atom. The third-order valence-corrected chi connectivity index (χ3v) is 7.39. The van der Waals surface area contributed by atoms with E-state index >= 15 is 0 Å². The van der Waals surface area contributed by atoms with Crippen molar-refractivity contribution in [2.24, 2.45) is 12.1 Å². The summed E-state index contributed by atoms with van der Waals surface area (Å²) < 4.78 is 9.05. The molecule has 0 spiro atoms. The minimum absolute atomic E-state index is 0.293. The van der Waals surface area contributed by atoms with Gasteiger partial charge in [-0.15, -0.1) is 10.2 Å². The quantitative estimate of drug-likeness (QED) is 0.122. The summed E-state index contributed by atoms with van der Waals surface area (Å²) in [5.74, 6) is 0.333. The first-order valence-corrected chi connectivity index (χ1v) is 13.6. The Kier molecular flexibility index (Phi) is 7.25. The summed E-state index contributed by atoms with van der Waals surface area (Å²) >= 11 is 1.56. The minimum atomic E-state index is -0.516. The summed E-state index contributed by atoms with van der Waals surface area (Å²) in [6, 6.07) is 25.8. The second kappa shape index (κ2) is 11.4. The molecule has 3 aromatic carbocycles. The number of carbonyl (C=O) groups is 1. The average Bonchev–Trinajstić information content (AvgIpc) is 3.62. The highest BCUT2D eigenvalue weighted by molar-refractivity contribution is 7.98. The number of hydrazone groups is 1. The molecule has 0 bridgehead atoms. The smallest absolute Gasteiger partial charge is 0.345 e. The molecule has 1 N–H and O–H groups in total. The predicted octanol–water partition coefficient (Wildman–Crippen LogP) is 4.83. The van der Waals surface area contributed by atoms with E-state index in [1.165, 1.54) is 6.21 Å². The van der Waals surface area contributed by atoms with Gasteiger partial charge in [0.2, 0.25) is 0 Å². The second-order valence-electron chi connectivity index (χ2n) is 9.11. The van der Waals surface area contributed by atoms with Crippen LogP contribution in [0, 0.1) is 0 Å². The van der Waals surface area contributed by atoms with Crippen molar-refractivity contribution < 1.29 is 9.21 Å². The number of rotatable bonds is 8. The molecular weight excluding hydrogens is 538 g/mol. The molecule has 6 rings (SSSR count). The molecule has 0 unspecified atom stereocenters. The van der Waals surface area contributed by atoms with Crippen LogP contribution in [0.3, 0.4) is 0 Å². The maximum absolute atomic E-state index is 12.9. The van der Waals surface area contributed by atoms with Crippen LogP contribution in [0.4, 0.5) is 0 Å². The topological polar surface area (TPSA) is 120 Å². The average molecular weight is 562 g/mol. The Labute approximate surface area is 238 Å².